The Balaban J connectivity index is 1.85. The van der Waals surface area contributed by atoms with Crippen molar-refractivity contribution in [2.45, 2.75) is 18.9 Å². The zero-order chi connectivity index (χ0) is 15.1. The van der Waals surface area contributed by atoms with Gasteiger partial charge in [-0.25, -0.2) is 0 Å². The largest absolute Gasteiger partial charge is 0.479 e. The smallest absolute Gasteiger partial charge is 0.254 e. The number of hydrogen-bond donors (Lipinski definition) is 2. The fourth-order valence-corrected chi connectivity index (χ4v) is 1.93. The average molecular weight is 290 g/mol. The lowest BCUT2D eigenvalue weighted by Gasteiger charge is -2.16. The van der Waals surface area contributed by atoms with Gasteiger partial charge in [-0.05, 0) is 10.7 Å². The summed E-state index contributed by atoms with van der Waals surface area (Å²) in [6.45, 7) is -0.147. The molecule has 0 saturated heterocycles. The summed E-state index contributed by atoms with van der Waals surface area (Å²) in [6.07, 6.45) is 0.677. The lowest BCUT2D eigenvalue weighted by molar-refractivity contribution is -0.122. The maximum Gasteiger partial charge on any atom is 0.254 e. The van der Waals surface area contributed by atoms with Crippen LogP contribution in [0.1, 0.15) is 23.8 Å². The third-order valence-electron chi connectivity index (χ3n) is 3.06. The summed E-state index contributed by atoms with van der Waals surface area (Å²) in [6, 6.07) is 10.6. The molecule has 6 heteroatoms. The van der Waals surface area contributed by atoms with Crippen LogP contribution in [-0.2, 0) is 11.2 Å². The molecule has 1 unspecified atom stereocenters. The van der Waals surface area contributed by atoms with E-state index in [1.165, 1.54) is 7.11 Å². The lowest BCUT2D eigenvalue weighted by atomic mass is 10.1. The van der Waals surface area contributed by atoms with Crippen molar-refractivity contribution in [1.29, 1.82) is 0 Å². The van der Waals surface area contributed by atoms with Gasteiger partial charge in [-0.3, -0.25) is 4.79 Å². The van der Waals surface area contributed by atoms with Crippen LogP contribution in [-0.4, -0.2) is 29.9 Å². The number of carbonyl (C=O) groups excluding carboxylic acids is 1. The molecule has 0 fully saturated rings. The topological polar surface area (TPSA) is 84.6 Å². The number of aliphatic hydroxyl groups is 1. The van der Waals surface area contributed by atoms with E-state index in [9.17, 15) is 9.90 Å². The molecule has 1 atom stereocenters. The molecule has 0 aliphatic carbocycles. The highest BCUT2D eigenvalue weighted by molar-refractivity contribution is 5.76. The molecule has 0 bridgehead atoms. The van der Waals surface area contributed by atoms with Crippen LogP contribution in [0, 0.1) is 0 Å². The molecule has 0 radical (unpaired) electrons. The first-order valence-electron chi connectivity index (χ1n) is 6.67. The van der Waals surface area contributed by atoms with Crippen molar-refractivity contribution in [3.05, 3.63) is 47.7 Å². The van der Waals surface area contributed by atoms with Gasteiger partial charge in [-0.2, -0.15) is 0 Å². The van der Waals surface area contributed by atoms with Gasteiger partial charge in [0.25, 0.3) is 5.88 Å². The fourth-order valence-electron chi connectivity index (χ4n) is 1.93. The number of aliphatic hydroxyl groups excluding tert-OH is 1. The minimum Gasteiger partial charge on any atom is -0.479 e. The first-order chi connectivity index (χ1) is 10.2. The second-order valence-electron chi connectivity index (χ2n) is 4.55. The van der Waals surface area contributed by atoms with Crippen LogP contribution in [0.5, 0.6) is 5.88 Å². The Morgan fingerprint density at radius 2 is 2.19 bits per heavy atom. The van der Waals surface area contributed by atoms with Gasteiger partial charge < -0.3 is 19.7 Å². The molecule has 6 nitrogen and oxygen atoms in total. The Morgan fingerprint density at radius 1 is 1.43 bits per heavy atom. The summed E-state index contributed by atoms with van der Waals surface area (Å²) in [4.78, 5) is 11.9. The van der Waals surface area contributed by atoms with Crippen molar-refractivity contribution in [2.75, 3.05) is 13.7 Å². The molecule has 112 valence electrons. The highest BCUT2D eigenvalue weighted by Crippen LogP contribution is 2.14. The number of benzene rings is 1. The molecule has 21 heavy (non-hydrogen) atoms. The molecule has 0 aliphatic heterocycles. The number of nitrogens with zero attached hydrogens (tertiary/aromatic N) is 1. The summed E-state index contributed by atoms with van der Waals surface area (Å²) < 4.78 is 9.92. The van der Waals surface area contributed by atoms with Crippen LogP contribution in [0.25, 0.3) is 0 Å². The van der Waals surface area contributed by atoms with E-state index in [2.05, 4.69) is 10.5 Å². The van der Waals surface area contributed by atoms with Gasteiger partial charge in [0, 0.05) is 18.9 Å². The van der Waals surface area contributed by atoms with E-state index in [4.69, 9.17) is 9.26 Å². The maximum absolute atomic E-state index is 11.9. The maximum atomic E-state index is 11.9. The van der Waals surface area contributed by atoms with E-state index >= 15 is 0 Å². The van der Waals surface area contributed by atoms with E-state index in [1.807, 2.05) is 30.3 Å². The first-order valence-corrected chi connectivity index (χ1v) is 6.67. The van der Waals surface area contributed by atoms with E-state index in [-0.39, 0.29) is 18.9 Å². The number of aromatic nitrogens is 1. The van der Waals surface area contributed by atoms with E-state index in [0.717, 1.165) is 5.56 Å². The minimum atomic E-state index is -0.400. The van der Waals surface area contributed by atoms with E-state index in [1.54, 1.807) is 6.07 Å². The first kappa shape index (κ1) is 15.1. The molecule has 0 saturated carbocycles. The van der Waals surface area contributed by atoms with Gasteiger partial charge in [0.1, 0.15) is 5.76 Å². The number of ether oxygens (including phenoxy) is 1. The summed E-state index contributed by atoms with van der Waals surface area (Å²) in [5.74, 6) is 0.818. The van der Waals surface area contributed by atoms with Crippen LogP contribution in [0.4, 0.5) is 0 Å². The molecule has 2 rings (SSSR count). The van der Waals surface area contributed by atoms with Crippen molar-refractivity contribution in [1.82, 2.24) is 10.5 Å². The highest BCUT2D eigenvalue weighted by atomic mass is 16.5. The quantitative estimate of drug-likeness (QED) is 0.806. The number of aryl methyl sites for hydroxylation is 1. The number of carbonyl (C=O) groups is 1. The van der Waals surface area contributed by atoms with Gasteiger partial charge >= 0.3 is 0 Å². The highest BCUT2D eigenvalue weighted by Gasteiger charge is 2.14. The SMILES string of the molecule is COc1cc(CCC(=O)NC(CO)c2ccccc2)on1. The second-order valence-corrected chi connectivity index (χ2v) is 4.55. The van der Waals surface area contributed by atoms with Crippen LogP contribution in [0.2, 0.25) is 0 Å². The summed E-state index contributed by atoms with van der Waals surface area (Å²) >= 11 is 0. The number of hydrogen-bond acceptors (Lipinski definition) is 5. The molecular weight excluding hydrogens is 272 g/mol. The molecular formula is C15H18N2O4. The second kappa shape index (κ2) is 7.44. The summed E-state index contributed by atoms with van der Waals surface area (Å²) in [7, 11) is 1.50. The van der Waals surface area contributed by atoms with Crippen molar-refractivity contribution in [2.24, 2.45) is 0 Å². The van der Waals surface area contributed by atoms with Gasteiger partial charge in [0.15, 0.2) is 0 Å². The fraction of sp³-hybridized carbons (Fsp3) is 0.333. The predicted octanol–water partition coefficient (Wildman–Crippen LogP) is 1.47. The van der Waals surface area contributed by atoms with Gasteiger partial charge in [0.05, 0.1) is 19.8 Å². The minimum absolute atomic E-state index is 0.147. The summed E-state index contributed by atoms with van der Waals surface area (Å²) in [5.41, 5.74) is 0.870. The molecule has 0 aliphatic rings. The van der Waals surface area contributed by atoms with Crippen LogP contribution in [0.3, 0.4) is 0 Å². The van der Waals surface area contributed by atoms with Gasteiger partial charge in [-0.15, -0.1) is 0 Å². The van der Waals surface area contributed by atoms with Crippen molar-refractivity contribution in [3.63, 3.8) is 0 Å². The Kier molecular flexibility index (Phi) is 5.34. The Bertz CT molecular complexity index is 568. The zero-order valence-electron chi connectivity index (χ0n) is 11.8. The Morgan fingerprint density at radius 3 is 2.81 bits per heavy atom. The molecule has 1 aromatic heterocycles. The predicted molar refractivity (Wildman–Crippen MR) is 75.8 cm³/mol. The average Bonchev–Trinajstić information content (AvgIpc) is 2.99. The Hall–Kier alpha value is -2.34. The number of rotatable bonds is 7. The third kappa shape index (κ3) is 4.32. The van der Waals surface area contributed by atoms with Gasteiger partial charge in [-0.1, -0.05) is 30.3 Å². The number of nitrogens with one attached hydrogen (secondary N) is 1. The van der Waals surface area contributed by atoms with Crippen molar-refractivity contribution in [3.8, 4) is 5.88 Å². The Labute approximate surface area is 122 Å². The van der Waals surface area contributed by atoms with Crippen molar-refractivity contribution < 1.29 is 19.2 Å². The third-order valence-corrected chi connectivity index (χ3v) is 3.06. The molecule has 2 N–H and O–H groups in total. The van der Waals surface area contributed by atoms with Crippen molar-refractivity contribution >= 4 is 5.91 Å². The molecule has 0 spiro atoms. The van der Waals surface area contributed by atoms with Crippen LogP contribution < -0.4 is 10.1 Å². The standard InChI is InChI=1S/C15H18N2O4/c1-20-15-9-12(21-17-15)7-8-14(19)16-13(10-18)11-5-3-2-4-6-11/h2-6,9,13,18H,7-8,10H2,1H3,(H,16,19). The summed E-state index contributed by atoms with van der Waals surface area (Å²) in [5, 5.41) is 15.8. The van der Waals surface area contributed by atoms with E-state index in [0.29, 0.717) is 18.1 Å². The number of amides is 1. The normalized spacial score (nSPS) is 11.9. The van der Waals surface area contributed by atoms with Gasteiger partial charge in [0.2, 0.25) is 5.91 Å². The molecule has 1 aromatic carbocycles. The molecule has 1 heterocycles. The monoisotopic (exact) mass is 290 g/mol. The van der Waals surface area contributed by atoms with E-state index < -0.39 is 6.04 Å². The zero-order valence-corrected chi connectivity index (χ0v) is 11.8. The number of methoxy groups -OCH3 is 1. The molecule has 1 amide bonds. The van der Waals surface area contributed by atoms with Crippen LogP contribution >= 0.6 is 0 Å². The van der Waals surface area contributed by atoms with Crippen LogP contribution in [0.15, 0.2) is 40.9 Å². The molecule has 2 aromatic rings. The lowest BCUT2D eigenvalue weighted by Crippen LogP contribution is -2.30.